The minimum atomic E-state index is -4.08. The molecule has 3 aromatic rings. The number of rotatable bonds is 7. The summed E-state index contributed by atoms with van der Waals surface area (Å²) in [7, 11) is -2.58. The first-order chi connectivity index (χ1) is 14.3. The number of nitrogens with one attached hydrogen (secondary N) is 1. The fourth-order valence-corrected chi connectivity index (χ4v) is 4.49. The van der Waals surface area contributed by atoms with Crippen LogP contribution in [0.5, 0.6) is 5.75 Å². The predicted octanol–water partition coefficient (Wildman–Crippen LogP) is 4.23. The molecule has 2 aromatic carbocycles. The highest BCUT2D eigenvalue weighted by atomic mass is 35.5. The average Bonchev–Trinajstić information content (AvgIpc) is 2.75. The summed E-state index contributed by atoms with van der Waals surface area (Å²) in [4.78, 5) is 16.5. The van der Waals surface area contributed by atoms with E-state index in [0.29, 0.717) is 5.75 Å². The van der Waals surface area contributed by atoms with Crippen molar-refractivity contribution < 1.29 is 17.9 Å². The van der Waals surface area contributed by atoms with Crippen LogP contribution in [0.15, 0.2) is 71.9 Å². The molecule has 0 aliphatic rings. The maximum atomic E-state index is 13.2. The number of pyridine rings is 1. The lowest BCUT2D eigenvalue weighted by molar-refractivity contribution is -0.114. The van der Waals surface area contributed by atoms with Crippen LogP contribution in [0.25, 0.3) is 0 Å². The third-order valence-electron chi connectivity index (χ3n) is 4.10. The number of aromatic nitrogens is 1. The normalized spacial score (nSPS) is 11.0. The SMILES string of the molecule is COc1ccc(N(CC(=O)Nc2c(Cl)cccc2Cl)S(=O)(=O)c2cccnc2)cc1. The number of para-hydroxylation sites is 1. The number of hydrogen-bond acceptors (Lipinski definition) is 5. The number of benzene rings is 2. The van der Waals surface area contributed by atoms with Crippen LogP contribution in [-0.2, 0) is 14.8 Å². The second-order valence-corrected chi connectivity index (χ2v) is 8.72. The van der Waals surface area contributed by atoms with Crippen molar-refractivity contribution in [2.24, 2.45) is 0 Å². The fraction of sp³-hybridized carbons (Fsp3) is 0.100. The lowest BCUT2D eigenvalue weighted by Crippen LogP contribution is -2.38. The number of nitrogens with zero attached hydrogens (tertiary/aromatic N) is 2. The molecule has 0 fully saturated rings. The van der Waals surface area contributed by atoms with Crippen molar-refractivity contribution in [3.05, 3.63) is 77.0 Å². The Balaban J connectivity index is 1.96. The zero-order valence-corrected chi connectivity index (χ0v) is 18.1. The van der Waals surface area contributed by atoms with Crippen LogP contribution in [-0.4, -0.2) is 33.0 Å². The van der Waals surface area contributed by atoms with E-state index in [-0.39, 0.29) is 26.3 Å². The summed E-state index contributed by atoms with van der Waals surface area (Å²) in [5.41, 5.74) is 0.486. The average molecular weight is 466 g/mol. The van der Waals surface area contributed by atoms with E-state index in [0.717, 1.165) is 4.31 Å². The number of methoxy groups -OCH3 is 1. The summed E-state index contributed by atoms with van der Waals surface area (Å²) in [6.45, 7) is -0.509. The van der Waals surface area contributed by atoms with E-state index in [1.807, 2.05) is 0 Å². The summed E-state index contributed by atoms with van der Waals surface area (Å²) in [5, 5.41) is 3.05. The third kappa shape index (κ3) is 4.84. The monoisotopic (exact) mass is 465 g/mol. The van der Waals surface area contributed by atoms with Gasteiger partial charge in [0, 0.05) is 12.4 Å². The van der Waals surface area contributed by atoms with Crippen molar-refractivity contribution in [3.63, 3.8) is 0 Å². The molecule has 30 heavy (non-hydrogen) atoms. The second kappa shape index (κ2) is 9.34. The summed E-state index contributed by atoms with van der Waals surface area (Å²) < 4.78 is 32.6. The standard InChI is InChI=1S/C20H17Cl2N3O4S/c1-29-15-9-7-14(8-10-15)25(30(27,28)16-4-3-11-23-12-16)13-19(26)24-20-17(21)5-2-6-18(20)22/h2-12H,13H2,1H3,(H,24,26). The molecule has 10 heteroatoms. The van der Waals surface area contributed by atoms with Crippen LogP contribution in [0, 0.1) is 0 Å². The predicted molar refractivity (Wildman–Crippen MR) is 117 cm³/mol. The van der Waals surface area contributed by atoms with Crippen molar-refractivity contribution >= 4 is 50.5 Å². The van der Waals surface area contributed by atoms with Gasteiger partial charge in [-0.2, -0.15) is 0 Å². The Morgan fingerprint density at radius 3 is 2.30 bits per heavy atom. The molecule has 7 nitrogen and oxygen atoms in total. The van der Waals surface area contributed by atoms with Gasteiger partial charge < -0.3 is 10.1 Å². The van der Waals surface area contributed by atoms with Gasteiger partial charge in [0.15, 0.2) is 0 Å². The zero-order chi connectivity index (χ0) is 21.7. The Morgan fingerprint density at radius 2 is 1.73 bits per heavy atom. The number of carbonyl (C=O) groups is 1. The second-order valence-electron chi connectivity index (χ2n) is 6.04. The van der Waals surface area contributed by atoms with Crippen molar-refractivity contribution in [2.45, 2.75) is 4.90 Å². The molecule has 0 saturated heterocycles. The van der Waals surface area contributed by atoms with Gasteiger partial charge in [-0.15, -0.1) is 0 Å². The molecule has 0 atom stereocenters. The number of anilines is 2. The fourth-order valence-electron chi connectivity index (χ4n) is 2.62. The highest BCUT2D eigenvalue weighted by Crippen LogP contribution is 2.30. The van der Waals surface area contributed by atoms with Crippen LogP contribution in [0.1, 0.15) is 0 Å². The molecule has 1 heterocycles. The molecular formula is C20H17Cl2N3O4S. The van der Waals surface area contributed by atoms with E-state index in [4.69, 9.17) is 27.9 Å². The first-order valence-electron chi connectivity index (χ1n) is 8.63. The van der Waals surface area contributed by atoms with E-state index in [1.54, 1.807) is 42.5 Å². The number of sulfonamides is 1. The van der Waals surface area contributed by atoms with Crippen LogP contribution in [0.3, 0.4) is 0 Å². The van der Waals surface area contributed by atoms with Crippen molar-refractivity contribution in [1.82, 2.24) is 4.98 Å². The molecule has 156 valence electrons. The van der Waals surface area contributed by atoms with E-state index >= 15 is 0 Å². The van der Waals surface area contributed by atoms with Gasteiger partial charge in [-0.25, -0.2) is 8.42 Å². The van der Waals surface area contributed by atoms with Gasteiger partial charge in [0.1, 0.15) is 17.2 Å². The maximum absolute atomic E-state index is 13.2. The Labute approximate surface area is 184 Å². The van der Waals surface area contributed by atoms with Crippen LogP contribution >= 0.6 is 23.2 Å². The molecule has 1 N–H and O–H groups in total. The zero-order valence-electron chi connectivity index (χ0n) is 15.7. The Morgan fingerprint density at radius 1 is 1.07 bits per heavy atom. The van der Waals surface area contributed by atoms with E-state index < -0.39 is 22.5 Å². The lowest BCUT2D eigenvalue weighted by atomic mass is 10.3. The van der Waals surface area contributed by atoms with Crippen molar-refractivity contribution in [1.29, 1.82) is 0 Å². The van der Waals surface area contributed by atoms with Crippen LogP contribution in [0.2, 0.25) is 10.0 Å². The molecule has 0 unspecified atom stereocenters. The van der Waals surface area contributed by atoms with Gasteiger partial charge in [0.2, 0.25) is 5.91 Å². The summed E-state index contributed by atoms with van der Waals surface area (Å²) in [5.74, 6) is -0.0712. The molecular weight excluding hydrogens is 449 g/mol. The first-order valence-corrected chi connectivity index (χ1v) is 10.8. The molecule has 0 aliphatic heterocycles. The quantitative estimate of drug-likeness (QED) is 0.563. The van der Waals surface area contributed by atoms with Gasteiger partial charge in [0.05, 0.1) is 28.5 Å². The van der Waals surface area contributed by atoms with Gasteiger partial charge >= 0.3 is 0 Å². The minimum absolute atomic E-state index is 0.0515. The van der Waals surface area contributed by atoms with Crippen LogP contribution < -0.4 is 14.4 Å². The van der Waals surface area contributed by atoms with Crippen molar-refractivity contribution in [3.8, 4) is 5.75 Å². The molecule has 0 aliphatic carbocycles. The molecule has 0 saturated carbocycles. The highest BCUT2D eigenvalue weighted by Gasteiger charge is 2.28. The van der Waals surface area contributed by atoms with Gasteiger partial charge in [-0.1, -0.05) is 29.3 Å². The molecule has 0 spiro atoms. The molecule has 1 aromatic heterocycles. The van der Waals surface area contributed by atoms with Gasteiger partial charge in [-0.05, 0) is 48.5 Å². The number of ether oxygens (including phenoxy) is 1. The number of amides is 1. The largest absolute Gasteiger partial charge is 0.497 e. The number of carbonyl (C=O) groups excluding carboxylic acids is 1. The lowest BCUT2D eigenvalue weighted by Gasteiger charge is -2.24. The molecule has 0 radical (unpaired) electrons. The van der Waals surface area contributed by atoms with Gasteiger partial charge in [-0.3, -0.25) is 14.1 Å². The molecule has 1 amide bonds. The third-order valence-corrected chi connectivity index (χ3v) is 6.48. The maximum Gasteiger partial charge on any atom is 0.266 e. The Kier molecular flexibility index (Phi) is 6.81. The van der Waals surface area contributed by atoms with Gasteiger partial charge in [0.25, 0.3) is 10.0 Å². The number of hydrogen-bond donors (Lipinski definition) is 1. The first kappa shape index (κ1) is 21.9. The summed E-state index contributed by atoms with van der Waals surface area (Å²) >= 11 is 12.2. The molecule has 3 rings (SSSR count). The van der Waals surface area contributed by atoms with Crippen LogP contribution in [0.4, 0.5) is 11.4 Å². The summed E-state index contributed by atoms with van der Waals surface area (Å²) in [6.07, 6.45) is 2.68. The van der Waals surface area contributed by atoms with E-state index in [1.165, 1.54) is 31.6 Å². The van der Waals surface area contributed by atoms with E-state index in [2.05, 4.69) is 10.3 Å². The van der Waals surface area contributed by atoms with Crippen molar-refractivity contribution in [2.75, 3.05) is 23.3 Å². The minimum Gasteiger partial charge on any atom is -0.497 e. The van der Waals surface area contributed by atoms with E-state index in [9.17, 15) is 13.2 Å². The Bertz CT molecular complexity index is 1120. The Hall–Kier alpha value is -2.81. The highest BCUT2D eigenvalue weighted by molar-refractivity contribution is 7.92. The molecule has 0 bridgehead atoms. The number of halogens is 2. The smallest absolute Gasteiger partial charge is 0.266 e. The topological polar surface area (TPSA) is 88.6 Å². The summed E-state index contributed by atoms with van der Waals surface area (Å²) in [6, 6.07) is 14.0.